The van der Waals surface area contributed by atoms with Gasteiger partial charge in [0.2, 0.25) is 0 Å². The van der Waals surface area contributed by atoms with E-state index >= 15 is 0 Å². The Bertz CT molecular complexity index is 3530. The van der Waals surface area contributed by atoms with Gasteiger partial charge in [-0.15, -0.1) is 0 Å². The van der Waals surface area contributed by atoms with Gasteiger partial charge >= 0.3 is 0 Å². The van der Waals surface area contributed by atoms with Crippen molar-refractivity contribution in [3.05, 3.63) is 271 Å². The lowest BCUT2D eigenvalue weighted by atomic mass is 9.70. The number of rotatable bonds is 7. The molecule has 1 nitrogen and oxygen atoms in total. The van der Waals surface area contributed by atoms with E-state index in [9.17, 15) is 11.0 Å². The molecule has 0 fully saturated rings. The van der Waals surface area contributed by atoms with Crippen LogP contribution in [0.4, 0.5) is 17.1 Å². The average Bonchev–Trinajstić information content (AvgIpc) is 3.87. The van der Waals surface area contributed by atoms with Gasteiger partial charge in [-0.2, -0.15) is 0 Å². The van der Waals surface area contributed by atoms with Crippen molar-refractivity contribution in [2.75, 3.05) is 4.90 Å². The highest BCUT2D eigenvalue weighted by Crippen LogP contribution is 2.63. The molecular formula is C61H41N. The van der Waals surface area contributed by atoms with Gasteiger partial charge in [0.25, 0.3) is 0 Å². The van der Waals surface area contributed by atoms with Crippen LogP contribution in [0.2, 0.25) is 0 Å². The quantitative estimate of drug-likeness (QED) is 0.155. The zero-order chi connectivity index (χ0) is 48.0. The maximum Gasteiger partial charge on any atom is 0.0726 e. The molecule has 10 aromatic rings. The van der Waals surface area contributed by atoms with E-state index in [0.717, 1.165) is 66.8 Å². The predicted molar refractivity (Wildman–Crippen MR) is 259 cm³/mol. The summed E-state index contributed by atoms with van der Waals surface area (Å²) in [5.41, 5.74) is 13.0. The maximum absolute atomic E-state index is 9.71. The zero-order valence-corrected chi connectivity index (χ0v) is 33.5. The van der Waals surface area contributed by atoms with E-state index in [1.54, 1.807) is 48.5 Å². The molecule has 2 aliphatic carbocycles. The molecule has 0 heterocycles. The fourth-order valence-electron chi connectivity index (χ4n) is 9.64. The molecule has 0 aliphatic heterocycles. The number of fused-ring (bicyclic) bond motifs is 10. The first-order chi connectivity index (χ1) is 34.1. The van der Waals surface area contributed by atoms with Gasteiger partial charge in [0.15, 0.2) is 0 Å². The van der Waals surface area contributed by atoms with E-state index in [4.69, 9.17) is 0 Å². The molecule has 2 aliphatic rings. The normalized spacial score (nSPS) is 14.5. The second-order valence-electron chi connectivity index (χ2n) is 15.8. The second-order valence-corrected chi connectivity index (χ2v) is 15.8. The minimum Gasteiger partial charge on any atom is -0.310 e. The van der Waals surface area contributed by atoms with Crippen LogP contribution in [0.25, 0.3) is 66.8 Å². The van der Waals surface area contributed by atoms with Crippen molar-refractivity contribution in [3.63, 3.8) is 0 Å². The first kappa shape index (κ1) is 28.5. The average molecular weight is 796 g/mol. The molecule has 0 aromatic heterocycles. The SMILES string of the molecule is [2H]c1c([2H])c(N(c2ccc3c(c2)C2(c4ccccc4-c4ccccc42)c2cc(-c4ccc(-c5ccccc5)cc4)ccc2-3)c2c([2H])c([2H])c(-c3ccccc3)c([2H])c2[2H])c([2H])c([2H])c1-c1ccccc1. The first-order valence-electron chi connectivity index (χ1n) is 24.9. The van der Waals surface area contributed by atoms with Crippen molar-refractivity contribution in [2.45, 2.75) is 5.41 Å². The summed E-state index contributed by atoms with van der Waals surface area (Å²) in [5, 5.41) is 0. The van der Waals surface area contributed by atoms with Crippen molar-refractivity contribution in [3.8, 4) is 66.8 Å². The molecule has 0 saturated heterocycles. The molecule has 0 bridgehead atoms. The van der Waals surface area contributed by atoms with E-state index in [2.05, 4.69) is 103 Å². The van der Waals surface area contributed by atoms with Crippen LogP contribution in [-0.2, 0) is 5.41 Å². The Kier molecular flexibility index (Phi) is 6.71. The van der Waals surface area contributed by atoms with Crippen LogP contribution in [-0.4, -0.2) is 0 Å². The van der Waals surface area contributed by atoms with Gasteiger partial charge in [-0.25, -0.2) is 0 Å². The third kappa shape index (κ3) is 5.70. The smallest absolute Gasteiger partial charge is 0.0726 e. The summed E-state index contributed by atoms with van der Waals surface area (Å²) >= 11 is 0. The van der Waals surface area contributed by atoms with Crippen molar-refractivity contribution < 1.29 is 11.0 Å². The number of anilines is 3. The van der Waals surface area contributed by atoms with E-state index < -0.39 is 5.41 Å². The maximum atomic E-state index is 9.71. The summed E-state index contributed by atoms with van der Waals surface area (Å²) in [4.78, 5) is 1.43. The molecule has 0 amide bonds. The molecule has 62 heavy (non-hydrogen) atoms. The third-order valence-electron chi connectivity index (χ3n) is 12.5. The molecule has 0 unspecified atom stereocenters. The minimum atomic E-state index is -0.878. The van der Waals surface area contributed by atoms with Crippen LogP contribution in [0, 0.1) is 0 Å². The standard InChI is InChI=1S/C61H41N/c1-4-14-42(15-5-1)45-24-26-48(27-25-45)49-32-38-55-56-39-37-52(41-60(56)61(59(55)40-49)57-22-12-10-20-53(57)54-21-11-13-23-58(54)61)62(50-33-28-46(29-34-50)43-16-6-2-7-17-43)51-35-30-47(31-36-51)44-18-8-3-9-19-44/h1-41H/i28D,29D,30D,31D,33D,34D,35D,36D. The van der Waals surface area contributed by atoms with Crippen molar-refractivity contribution >= 4 is 17.1 Å². The number of nitrogens with zero attached hydrogens (tertiary/aromatic N) is 1. The van der Waals surface area contributed by atoms with Gasteiger partial charge in [0, 0.05) is 17.1 Å². The Morgan fingerprint density at radius 3 is 1.11 bits per heavy atom. The van der Waals surface area contributed by atoms with Gasteiger partial charge in [-0.3, -0.25) is 0 Å². The summed E-state index contributed by atoms with van der Waals surface area (Å²) < 4.78 is 76.6. The molecule has 290 valence electrons. The summed E-state index contributed by atoms with van der Waals surface area (Å²) in [6, 6.07) is 63.3. The van der Waals surface area contributed by atoms with Crippen LogP contribution in [0.15, 0.2) is 249 Å². The Morgan fingerprint density at radius 1 is 0.258 bits per heavy atom. The Labute approximate surface area is 374 Å². The summed E-state index contributed by atoms with van der Waals surface area (Å²) in [7, 11) is 0. The largest absolute Gasteiger partial charge is 0.310 e. The predicted octanol–water partition coefficient (Wildman–Crippen LogP) is 16.2. The first-order valence-corrected chi connectivity index (χ1v) is 20.9. The summed E-state index contributed by atoms with van der Waals surface area (Å²) in [6.07, 6.45) is 0. The molecule has 12 rings (SSSR count). The highest BCUT2D eigenvalue weighted by molar-refractivity contribution is 5.97. The number of hydrogen-bond acceptors (Lipinski definition) is 1. The molecule has 0 saturated carbocycles. The zero-order valence-electron chi connectivity index (χ0n) is 41.5. The van der Waals surface area contributed by atoms with E-state index in [0.29, 0.717) is 16.8 Å². The van der Waals surface area contributed by atoms with Crippen molar-refractivity contribution in [2.24, 2.45) is 0 Å². The summed E-state index contributed by atoms with van der Waals surface area (Å²) in [6.45, 7) is 0. The van der Waals surface area contributed by atoms with Gasteiger partial charge in [-0.05, 0) is 131 Å². The molecule has 0 N–H and O–H groups in total. The van der Waals surface area contributed by atoms with Crippen LogP contribution in [0.3, 0.4) is 0 Å². The molecule has 1 spiro atoms. The Hall–Kier alpha value is -8.00. The van der Waals surface area contributed by atoms with Crippen LogP contribution in [0.5, 0.6) is 0 Å². The van der Waals surface area contributed by atoms with Crippen LogP contribution >= 0.6 is 0 Å². The third-order valence-corrected chi connectivity index (χ3v) is 12.5. The Balaban J connectivity index is 1.13. The van der Waals surface area contributed by atoms with Crippen molar-refractivity contribution in [1.29, 1.82) is 0 Å². The highest BCUT2D eigenvalue weighted by atomic mass is 15.1. The van der Waals surface area contributed by atoms with Gasteiger partial charge in [0.1, 0.15) is 0 Å². The lowest BCUT2D eigenvalue weighted by molar-refractivity contribution is 0.794. The topological polar surface area (TPSA) is 3.24 Å². The number of hydrogen-bond donors (Lipinski definition) is 0. The summed E-state index contributed by atoms with van der Waals surface area (Å²) in [5.74, 6) is 0. The molecular weight excluding hydrogens is 747 g/mol. The van der Waals surface area contributed by atoms with Crippen LogP contribution < -0.4 is 4.90 Å². The minimum absolute atomic E-state index is 0.117. The van der Waals surface area contributed by atoms with E-state index in [-0.39, 0.29) is 70.8 Å². The second kappa shape index (κ2) is 14.6. The lowest BCUT2D eigenvalue weighted by Gasteiger charge is -2.32. The highest BCUT2D eigenvalue weighted by Gasteiger charge is 2.52. The fourth-order valence-corrected chi connectivity index (χ4v) is 9.64. The molecule has 10 aromatic carbocycles. The fraction of sp³-hybridized carbons (Fsp3) is 0.0164. The van der Waals surface area contributed by atoms with Gasteiger partial charge < -0.3 is 4.90 Å². The Morgan fingerprint density at radius 2 is 0.613 bits per heavy atom. The van der Waals surface area contributed by atoms with Gasteiger partial charge in [0.05, 0.1) is 16.4 Å². The van der Waals surface area contributed by atoms with Crippen LogP contribution in [0.1, 0.15) is 33.2 Å². The lowest BCUT2D eigenvalue weighted by Crippen LogP contribution is -2.26. The molecule has 1 heteroatoms. The van der Waals surface area contributed by atoms with Gasteiger partial charge in [-0.1, -0.05) is 206 Å². The number of benzene rings is 10. The van der Waals surface area contributed by atoms with E-state index in [1.165, 1.54) is 4.90 Å². The monoisotopic (exact) mass is 795 g/mol. The van der Waals surface area contributed by atoms with E-state index in [1.807, 2.05) is 48.5 Å². The molecule has 0 radical (unpaired) electrons. The van der Waals surface area contributed by atoms with Crippen molar-refractivity contribution in [1.82, 2.24) is 0 Å². The molecule has 0 atom stereocenters.